The number of ether oxygens (including phenoxy) is 1. The zero-order chi connectivity index (χ0) is 15.9. The van der Waals surface area contributed by atoms with Gasteiger partial charge in [0.05, 0.1) is 18.6 Å². The lowest BCUT2D eigenvalue weighted by atomic mass is 10.3. The summed E-state index contributed by atoms with van der Waals surface area (Å²) in [6.45, 7) is 4.83. The Bertz CT molecular complexity index is 669. The van der Waals surface area contributed by atoms with E-state index in [9.17, 15) is 13.2 Å². The minimum absolute atomic E-state index is 0.103. The van der Waals surface area contributed by atoms with Crippen molar-refractivity contribution in [3.63, 3.8) is 0 Å². The van der Waals surface area contributed by atoms with Crippen LogP contribution in [0, 0.1) is 11.8 Å². The molecule has 21 heavy (non-hydrogen) atoms. The van der Waals surface area contributed by atoms with Gasteiger partial charge in [-0.3, -0.25) is 4.79 Å². The summed E-state index contributed by atoms with van der Waals surface area (Å²) >= 11 is 0. The quantitative estimate of drug-likeness (QED) is 0.610. The molecule has 0 aromatic heterocycles. The van der Waals surface area contributed by atoms with E-state index in [-0.39, 0.29) is 11.4 Å². The van der Waals surface area contributed by atoms with Crippen molar-refractivity contribution in [2.45, 2.75) is 11.8 Å². The van der Waals surface area contributed by atoms with Crippen molar-refractivity contribution < 1.29 is 17.9 Å². The SMILES string of the molecule is C=C(C)C#CCN(CC(=O)OC)S(=O)(=O)c1ccccc1. The minimum Gasteiger partial charge on any atom is -0.468 e. The van der Waals surface area contributed by atoms with Crippen LogP contribution in [0.1, 0.15) is 6.92 Å². The van der Waals surface area contributed by atoms with Crippen molar-refractivity contribution in [2.24, 2.45) is 0 Å². The first-order valence-electron chi connectivity index (χ1n) is 6.14. The van der Waals surface area contributed by atoms with Crippen LogP contribution >= 0.6 is 0 Å². The van der Waals surface area contributed by atoms with Crippen molar-refractivity contribution in [3.05, 3.63) is 42.5 Å². The zero-order valence-corrected chi connectivity index (χ0v) is 12.8. The third-order valence-corrected chi connectivity index (χ3v) is 4.28. The molecule has 0 unspecified atom stereocenters. The van der Waals surface area contributed by atoms with E-state index >= 15 is 0 Å². The lowest BCUT2D eigenvalue weighted by molar-refractivity contribution is -0.140. The summed E-state index contributed by atoms with van der Waals surface area (Å²) in [5, 5.41) is 0. The third-order valence-electron chi connectivity index (χ3n) is 2.47. The van der Waals surface area contributed by atoms with Gasteiger partial charge in [0.25, 0.3) is 0 Å². The Morgan fingerprint density at radius 3 is 2.48 bits per heavy atom. The molecule has 1 aromatic rings. The van der Waals surface area contributed by atoms with Gasteiger partial charge in [0.15, 0.2) is 0 Å². The Morgan fingerprint density at radius 2 is 1.95 bits per heavy atom. The topological polar surface area (TPSA) is 63.7 Å². The van der Waals surface area contributed by atoms with Gasteiger partial charge in [-0.25, -0.2) is 8.42 Å². The second-order valence-corrected chi connectivity index (χ2v) is 6.18. The number of sulfonamides is 1. The fourth-order valence-corrected chi connectivity index (χ4v) is 2.76. The molecule has 0 saturated heterocycles. The third kappa shape index (κ3) is 5.06. The van der Waals surface area contributed by atoms with E-state index in [1.54, 1.807) is 25.1 Å². The number of methoxy groups -OCH3 is 1. The maximum atomic E-state index is 12.5. The van der Waals surface area contributed by atoms with Crippen molar-refractivity contribution in [3.8, 4) is 11.8 Å². The molecule has 1 aromatic carbocycles. The van der Waals surface area contributed by atoms with Crippen LogP contribution in [0.5, 0.6) is 0 Å². The van der Waals surface area contributed by atoms with Crippen molar-refractivity contribution in [1.29, 1.82) is 0 Å². The van der Waals surface area contributed by atoms with E-state index in [4.69, 9.17) is 0 Å². The molecule has 6 heteroatoms. The van der Waals surface area contributed by atoms with Gasteiger partial charge in [0.1, 0.15) is 6.54 Å². The van der Waals surface area contributed by atoms with E-state index in [2.05, 4.69) is 23.2 Å². The zero-order valence-electron chi connectivity index (χ0n) is 12.0. The number of carbonyl (C=O) groups is 1. The van der Waals surface area contributed by atoms with E-state index in [0.29, 0.717) is 5.57 Å². The van der Waals surface area contributed by atoms with E-state index in [0.717, 1.165) is 4.31 Å². The second kappa shape index (κ2) is 7.62. The van der Waals surface area contributed by atoms with Crippen LogP contribution in [0.4, 0.5) is 0 Å². The Labute approximate surface area is 125 Å². The molecule has 0 amide bonds. The van der Waals surface area contributed by atoms with Crippen LogP contribution in [0.2, 0.25) is 0 Å². The fraction of sp³-hybridized carbons (Fsp3) is 0.267. The van der Waals surface area contributed by atoms with Crippen LogP contribution in [-0.2, 0) is 19.6 Å². The summed E-state index contributed by atoms with van der Waals surface area (Å²) in [5.41, 5.74) is 0.616. The minimum atomic E-state index is -3.80. The van der Waals surface area contributed by atoms with E-state index < -0.39 is 22.5 Å². The fourth-order valence-electron chi connectivity index (χ4n) is 1.45. The van der Waals surface area contributed by atoms with Gasteiger partial charge < -0.3 is 4.74 Å². The van der Waals surface area contributed by atoms with Gasteiger partial charge in [0.2, 0.25) is 10.0 Å². The molecule has 0 bridgehead atoms. The Balaban J connectivity index is 3.08. The molecule has 0 aliphatic heterocycles. The number of rotatable bonds is 5. The highest BCUT2D eigenvalue weighted by atomic mass is 32.2. The number of carbonyl (C=O) groups excluding carboxylic acids is 1. The summed E-state index contributed by atoms with van der Waals surface area (Å²) < 4.78 is 30.5. The predicted octanol–water partition coefficient (Wildman–Crippen LogP) is 1.43. The molecule has 0 saturated carbocycles. The molecule has 0 atom stereocenters. The molecule has 112 valence electrons. The lowest BCUT2D eigenvalue weighted by Gasteiger charge is -2.18. The number of benzene rings is 1. The number of nitrogens with zero attached hydrogens (tertiary/aromatic N) is 1. The lowest BCUT2D eigenvalue weighted by Crippen LogP contribution is -2.36. The molecule has 0 aliphatic carbocycles. The molecule has 0 fully saturated rings. The summed E-state index contributed by atoms with van der Waals surface area (Å²) in [7, 11) is -2.60. The molecule has 0 heterocycles. The standard InChI is InChI=1S/C15H17NO4S/c1-13(2)8-7-11-16(12-15(17)20-3)21(18,19)14-9-5-4-6-10-14/h4-6,9-10H,1,11-12H2,2-3H3. The van der Waals surface area contributed by atoms with Gasteiger partial charge in [0, 0.05) is 0 Å². The van der Waals surface area contributed by atoms with Crippen LogP contribution in [0.3, 0.4) is 0 Å². The van der Waals surface area contributed by atoms with Crippen molar-refractivity contribution >= 4 is 16.0 Å². The maximum Gasteiger partial charge on any atom is 0.321 e. The summed E-state index contributed by atoms with van der Waals surface area (Å²) in [6, 6.07) is 7.87. The molecular weight excluding hydrogens is 290 g/mol. The van der Waals surface area contributed by atoms with Gasteiger partial charge >= 0.3 is 5.97 Å². The van der Waals surface area contributed by atoms with Gasteiger partial charge in [-0.15, -0.1) is 0 Å². The van der Waals surface area contributed by atoms with Crippen LogP contribution in [0.15, 0.2) is 47.4 Å². The summed E-state index contributed by atoms with van der Waals surface area (Å²) in [6.07, 6.45) is 0. The number of allylic oxidation sites excluding steroid dienone is 1. The average molecular weight is 307 g/mol. The Morgan fingerprint density at radius 1 is 1.33 bits per heavy atom. The maximum absolute atomic E-state index is 12.5. The van der Waals surface area contributed by atoms with Crippen LogP contribution in [0.25, 0.3) is 0 Å². The van der Waals surface area contributed by atoms with E-state index in [1.165, 1.54) is 19.2 Å². The predicted molar refractivity (Wildman–Crippen MR) is 79.8 cm³/mol. The number of hydrogen-bond acceptors (Lipinski definition) is 4. The molecule has 5 nitrogen and oxygen atoms in total. The van der Waals surface area contributed by atoms with Crippen LogP contribution < -0.4 is 0 Å². The van der Waals surface area contributed by atoms with Crippen molar-refractivity contribution in [1.82, 2.24) is 4.31 Å². The Hall–Kier alpha value is -2.10. The number of esters is 1. The summed E-state index contributed by atoms with van der Waals surface area (Å²) in [4.78, 5) is 11.5. The summed E-state index contributed by atoms with van der Waals surface area (Å²) in [5.74, 6) is 4.72. The molecular formula is C15H17NO4S. The number of hydrogen-bond donors (Lipinski definition) is 0. The largest absolute Gasteiger partial charge is 0.468 e. The van der Waals surface area contributed by atoms with Crippen molar-refractivity contribution in [2.75, 3.05) is 20.2 Å². The average Bonchev–Trinajstić information content (AvgIpc) is 2.46. The molecule has 0 radical (unpaired) electrons. The molecule has 0 spiro atoms. The van der Waals surface area contributed by atoms with Gasteiger partial charge in [-0.2, -0.15) is 4.31 Å². The highest BCUT2D eigenvalue weighted by Crippen LogP contribution is 2.14. The van der Waals surface area contributed by atoms with Crippen LogP contribution in [-0.4, -0.2) is 38.9 Å². The first kappa shape index (κ1) is 17.0. The van der Waals surface area contributed by atoms with Gasteiger partial charge in [-0.1, -0.05) is 36.6 Å². The smallest absolute Gasteiger partial charge is 0.321 e. The second-order valence-electron chi connectivity index (χ2n) is 4.24. The highest BCUT2D eigenvalue weighted by Gasteiger charge is 2.26. The Kier molecular flexibility index (Phi) is 6.15. The molecule has 0 N–H and O–H groups in total. The highest BCUT2D eigenvalue weighted by molar-refractivity contribution is 7.89. The first-order valence-corrected chi connectivity index (χ1v) is 7.58. The molecule has 0 aliphatic rings. The first-order chi connectivity index (χ1) is 9.87. The van der Waals surface area contributed by atoms with E-state index in [1.807, 2.05) is 0 Å². The molecule has 1 rings (SSSR count). The van der Waals surface area contributed by atoms with Gasteiger partial charge in [-0.05, 0) is 24.6 Å². The monoisotopic (exact) mass is 307 g/mol. The normalized spacial score (nSPS) is 10.6.